The predicted molar refractivity (Wildman–Crippen MR) is 197 cm³/mol. The number of fused-ring (bicyclic) bond motifs is 4. The van der Waals surface area contributed by atoms with Gasteiger partial charge in [-0.05, 0) is 96.9 Å². The molecule has 0 unspecified atom stereocenters. The lowest BCUT2D eigenvalue weighted by atomic mass is 9.86. The number of ether oxygens (including phenoxy) is 1. The van der Waals surface area contributed by atoms with Gasteiger partial charge in [0.1, 0.15) is 17.3 Å². The molecule has 47 heavy (non-hydrogen) atoms. The number of rotatable bonds is 4. The molecule has 240 valence electrons. The summed E-state index contributed by atoms with van der Waals surface area (Å²) in [6, 6.07) is 34.8. The Morgan fingerprint density at radius 1 is 0.681 bits per heavy atom. The van der Waals surface area contributed by atoms with Crippen molar-refractivity contribution >= 4 is 33.2 Å². The van der Waals surface area contributed by atoms with Crippen LogP contribution in [0.3, 0.4) is 0 Å². The van der Waals surface area contributed by atoms with Crippen molar-refractivity contribution in [2.45, 2.75) is 71.8 Å². The third kappa shape index (κ3) is 5.47. The molecule has 5 heteroatoms. The Bertz CT molecular complexity index is 2130. The van der Waals surface area contributed by atoms with E-state index in [4.69, 9.17) is 9.72 Å². The summed E-state index contributed by atoms with van der Waals surface area (Å²) in [6.45, 7) is 18.9. The van der Waals surface area contributed by atoms with Crippen molar-refractivity contribution < 1.29 is 4.74 Å². The average Bonchev–Trinajstić information content (AvgIpc) is 3.35. The highest BCUT2D eigenvalue weighted by molar-refractivity contribution is 6.09. The molecule has 3 heterocycles. The van der Waals surface area contributed by atoms with Gasteiger partial charge in [0.25, 0.3) is 0 Å². The highest BCUT2D eigenvalue weighted by Gasteiger charge is 2.36. The van der Waals surface area contributed by atoms with Gasteiger partial charge in [-0.25, -0.2) is 4.98 Å². The molecule has 0 radical (unpaired) electrons. The number of hydrogen-bond acceptors (Lipinski definition) is 4. The van der Waals surface area contributed by atoms with E-state index in [1.54, 1.807) is 0 Å². The van der Waals surface area contributed by atoms with Crippen molar-refractivity contribution in [3.63, 3.8) is 0 Å². The zero-order valence-electron chi connectivity index (χ0n) is 29.2. The first-order chi connectivity index (χ1) is 22.2. The molecule has 6 aromatic rings. The van der Waals surface area contributed by atoms with E-state index >= 15 is 0 Å². The molecule has 0 saturated heterocycles. The SMILES string of the molecule is CN1CN(c2cc(Oc3ccc4c5ccccc5n(-c5cc(C(C)(C)C)ccn5)c4c3)cc(C(C)(C)C)c2)c2ccccc2C1(C)C. The fraction of sp³-hybridized carbons (Fsp3) is 0.310. The molecule has 0 spiro atoms. The maximum Gasteiger partial charge on any atom is 0.137 e. The number of hydrogen-bond donors (Lipinski definition) is 0. The highest BCUT2D eigenvalue weighted by Crippen LogP contribution is 2.44. The molecule has 2 aromatic heterocycles. The van der Waals surface area contributed by atoms with E-state index in [9.17, 15) is 0 Å². The minimum atomic E-state index is -0.0663. The molecule has 1 aliphatic heterocycles. The van der Waals surface area contributed by atoms with Crippen LogP contribution in [0.1, 0.15) is 72.1 Å². The van der Waals surface area contributed by atoms with E-state index in [-0.39, 0.29) is 16.4 Å². The molecule has 4 aromatic carbocycles. The summed E-state index contributed by atoms with van der Waals surface area (Å²) >= 11 is 0. The first kappa shape index (κ1) is 31.0. The van der Waals surface area contributed by atoms with Crippen LogP contribution in [0.4, 0.5) is 11.4 Å². The summed E-state index contributed by atoms with van der Waals surface area (Å²) in [6.07, 6.45) is 1.92. The first-order valence-electron chi connectivity index (χ1n) is 16.6. The van der Waals surface area contributed by atoms with Crippen molar-refractivity contribution in [1.29, 1.82) is 0 Å². The van der Waals surface area contributed by atoms with Crippen LogP contribution < -0.4 is 9.64 Å². The largest absolute Gasteiger partial charge is 0.457 e. The van der Waals surface area contributed by atoms with Gasteiger partial charge in [0.15, 0.2) is 0 Å². The topological polar surface area (TPSA) is 33.5 Å². The number of pyridine rings is 1. The van der Waals surface area contributed by atoms with E-state index in [0.717, 1.165) is 40.7 Å². The van der Waals surface area contributed by atoms with Gasteiger partial charge in [-0.3, -0.25) is 9.47 Å². The van der Waals surface area contributed by atoms with Crippen LogP contribution in [-0.2, 0) is 16.4 Å². The fourth-order valence-corrected chi connectivity index (χ4v) is 6.75. The molecule has 1 aliphatic rings. The second-order valence-electron chi connectivity index (χ2n) is 15.6. The summed E-state index contributed by atoms with van der Waals surface area (Å²) in [5, 5.41) is 2.38. The van der Waals surface area contributed by atoms with Crippen molar-refractivity contribution in [1.82, 2.24) is 14.5 Å². The monoisotopic (exact) mass is 622 g/mol. The van der Waals surface area contributed by atoms with Gasteiger partial charge in [0.05, 0.1) is 17.7 Å². The second-order valence-corrected chi connectivity index (χ2v) is 15.6. The third-order valence-corrected chi connectivity index (χ3v) is 9.95. The van der Waals surface area contributed by atoms with Crippen molar-refractivity contribution in [3.8, 4) is 17.3 Å². The standard InChI is InChI=1S/C42H46N4O/c1-40(2,3)28-20-21-43-39(24-28)46-36-16-12-10-14-33(36)34-19-18-31(26-38(34)46)47-32-23-29(41(4,5)6)22-30(25-32)45-27-44(9)42(7,8)35-15-11-13-17-37(35)45/h10-26H,27H2,1-9H3. The second kappa shape index (κ2) is 11.0. The molecule has 0 N–H and O–H groups in total. The van der Waals surface area contributed by atoms with Gasteiger partial charge in [0.2, 0.25) is 0 Å². The van der Waals surface area contributed by atoms with Crippen molar-refractivity contribution in [2.24, 2.45) is 0 Å². The van der Waals surface area contributed by atoms with Gasteiger partial charge in [-0.1, -0.05) is 77.9 Å². The summed E-state index contributed by atoms with van der Waals surface area (Å²) in [5.74, 6) is 2.53. The van der Waals surface area contributed by atoms with E-state index in [0.29, 0.717) is 0 Å². The first-order valence-corrected chi connectivity index (χ1v) is 16.6. The summed E-state index contributed by atoms with van der Waals surface area (Å²) < 4.78 is 9.07. The number of benzene rings is 4. The van der Waals surface area contributed by atoms with Gasteiger partial charge in [-0.2, -0.15) is 0 Å². The Morgan fingerprint density at radius 3 is 2.15 bits per heavy atom. The molecule has 0 amide bonds. The lowest BCUT2D eigenvalue weighted by molar-refractivity contribution is 0.150. The van der Waals surface area contributed by atoms with Gasteiger partial charge >= 0.3 is 0 Å². The van der Waals surface area contributed by atoms with E-state index in [1.807, 2.05) is 6.20 Å². The molecule has 5 nitrogen and oxygen atoms in total. The van der Waals surface area contributed by atoms with Crippen molar-refractivity contribution in [2.75, 3.05) is 18.6 Å². The maximum absolute atomic E-state index is 6.80. The van der Waals surface area contributed by atoms with Crippen molar-refractivity contribution in [3.05, 3.63) is 120 Å². The Hall–Kier alpha value is -4.61. The number of nitrogens with zero attached hydrogens (tertiary/aromatic N) is 4. The van der Waals surface area contributed by atoms with Crippen LogP contribution in [0.15, 0.2) is 103 Å². The molecule has 0 bridgehead atoms. The molecular formula is C42H46N4O. The number of aromatic nitrogens is 2. The van der Waals surface area contributed by atoms with Crippen LogP contribution in [0.5, 0.6) is 11.5 Å². The predicted octanol–water partition coefficient (Wildman–Crippen LogP) is 10.8. The van der Waals surface area contributed by atoms with Crippen LogP contribution >= 0.6 is 0 Å². The smallest absolute Gasteiger partial charge is 0.137 e. The zero-order chi connectivity index (χ0) is 33.3. The summed E-state index contributed by atoms with van der Waals surface area (Å²) in [7, 11) is 2.20. The maximum atomic E-state index is 6.80. The Balaban J connectivity index is 1.35. The minimum absolute atomic E-state index is 0.0138. The van der Waals surface area contributed by atoms with E-state index in [2.05, 4.69) is 174 Å². The van der Waals surface area contributed by atoms with E-state index in [1.165, 1.54) is 33.2 Å². The van der Waals surface area contributed by atoms with Gasteiger partial charge in [-0.15, -0.1) is 0 Å². The molecule has 0 aliphatic carbocycles. The lowest BCUT2D eigenvalue weighted by Gasteiger charge is -2.47. The Labute approximate surface area is 279 Å². The minimum Gasteiger partial charge on any atom is -0.457 e. The normalized spacial score (nSPS) is 15.3. The van der Waals surface area contributed by atoms with Crippen LogP contribution in [-0.4, -0.2) is 28.2 Å². The molecule has 0 saturated carbocycles. The quantitative estimate of drug-likeness (QED) is 0.196. The zero-order valence-corrected chi connectivity index (χ0v) is 29.2. The molecule has 7 rings (SSSR count). The summed E-state index contributed by atoms with van der Waals surface area (Å²) in [4.78, 5) is 9.68. The Kier molecular flexibility index (Phi) is 7.25. The molecule has 0 atom stereocenters. The van der Waals surface area contributed by atoms with Gasteiger partial charge < -0.3 is 9.64 Å². The average molecular weight is 623 g/mol. The number of para-hydroxylation sites is 2. The third-order valence-electron chi connectivity index (χ3n) is 9.95. The van der Waals surface area contributed by atoms with Crippen LogP contribution in [0.2, 0.25) is 0 Å². The summed E-state index contributed by atoms with van der Waals surface area (Å²) in [5.41, 5.74) is 8.25. The highest BCUT2D eigenvalue weighted by atomic mass is 16.5. The van der Waals surface area contributed by atoms with Gasteiger partial charge in [0, 0.05) is 46.0 Å². The lowest BCUT2D eigenvalue weighted by Crippen LogP contribution is -2.49. The fourth-order valence-electron chi connectivity index (χ4n) is 6.75. The Morgan fingerprint density at radius 2 is 1.38 bits per heavy atom. The van der Waals surface area contributed by atoms with Crippen LogP contribution in [0.25, 0.3) is 27.6 Å². The molecule has 0 fully saturated rings. The van der Waals surface area contributed by atoms with E-state index < -0.39 is 0 Å². The number of anilines is 2. The van der Waals surface area contributed by atoms with Crippen LogP contribution in [0, 0.1) is 0 Å². The molecular weight excluding hydrogens is 576 g/mol.